The standard InChI is InChI=1S/C14H24N2O2S2/c1-11(2)15-8-12-7-13(9-19-12)20(17,18)16-10-14(3)5-4-6-14/h7,9,11,15-16H,4-6,8,10H2,1-3H3. The highest BCUT2D eigenvalue weighted by Crippen LogP contribution is 2.39. The average Bonchev–Trinajstić information content (AvgIpc) is 2.81. The lowest BCUT2D eigenvalue weighted by Gasteiger charge is -2.38. The molecule has 20 heavy (non-hydrogen) atoms. The molecule has 0 bridgehead atoms. The maximum absolute atomic E-state index is 12.2. The lowest BCUT2D eigenvalue weighted by Crippen LogP contribution is -2.39. The molecule has 2 rings (SSSR count). The largest absolute Gasteiger partial charge is 0.310 e. The number of sulfonamides is 1. The second kappa shape index (κ2) is 6.13. The first-order valence-electron chi connectivity index (χ1n) is 7.11. The summed E-state index contributed by atoms with van der Waals surface area (Å²) >= 11 is 1.49. The van der Waals surface area contributed by atoms with Crippen LogP contribution >= 0.6 is 11.3 Å². The van der Waals surface area contributed by atoms with Crippen molar-refractivity contribution in [3.05, 3.63) is 16.3 Å². The Labute approximate surface area is 126 Å². The van der Waals surface area contributed by atoms with Crippen molar-refractivity contribution in [1.29, 1.82) is 0 Å². The summed E-state index contributed by atoms with van der Waals surface area (Å²) in [5.74, 6) is 0. The van der Waals surface area contributed by atoms with Crippen LogP contribution in [0.25, 0.3) is 0 Å². The Balaban J connectivity index is 1.95. The first kappa shape index (κ1) is 15.9. The van der Waals surface area contributed by atoms with Crippen LogP contribution in [0.3, 0.4) is 0 Å². The van der Waals surface area contributed by atoms with Gasteiger partial charge in [-0.2, -0.15) is 0 Å². The highest BCUT2D eigenvalue weighted by molar-refractivity contribution is 7.89. The third-order valence-electron chi connectivity index (χ3n) is 3.87. The summed E-state index contributed by atoms with van der Waals surface area (Å²) in [6, 6.07) is 2.17. The Morgan fingerprint density at radius 1 is 1.40 bits per heavy atom. The van der Waals surface area contributed by atoms with Gasteiger partial charge in [-0.3, -0.25) is 0 Å². The van der Waals surface area contributed by atoms with Crippen molar-refractivity contribution in [3.8, 4) is 0 Å². The van der Waals surface area contributed by atoms with Crippen molar-refractivity contribution in [1.82, 2.24) is 10.0 Å². The molecule has 0 aromatic carbocycles. The quantitative estimate of drug-likeness (QED) is 0.813. The molecular weight excluding hydrogens is 292 g/mol. The van der Waals surface area contributed by atoms with Gasteiger partial charge in [-0.05, 0) is 24.3 Å². The van der Waals surface area contributed by atoms with Crippen molar-refractivity contribution in [2.75, 3.05) is 6.54 Å². The van der Waals surface area contributed by atoms with Gasteiger partial charge in [0.05, 0.1) is 4.90 Å². The minimum absolute atomic E-state index is 0.158. The summed E-state index contributed by atoms with van der Waals surface area (Å²) < 4.78 is 27.2. The fourth-order valence-electron chi connectivity index (χ4n) is 2.21. The first-order chi connectivity index (χ1) is 9.31. The van der Waals surface area contributed by atoms with Gasteiger partial charge < -0.3 is 5.32 Å². The van der Waals surface area contributed by atoms with Crippen LogP contribution < -0.4 is 10.0 Å². The van der Waals surface area contributed by atoms with E-state index in [4.69, 9.17) is 0 Å². The van der Waals surface area contributed by atoms with Gasteiger partial charge in [0.1, 0.15) is 0 Å². The van der Waals surface area contributed by atoms with E-state index in [0.717, 1.165) is 24.3 Å². The van der Waals surface area contributed by atoms with Crippen LogP contribution in [-0.4, -0.2) is 21.0 Å². The van der Waals surface area contributed by atoms with E-state index < -0.39 is 10.0 Å². The molecule has 0 amide bonds. The highest BCUT2D eigenvalue weighted by atomic mass is 32.2. The summed E-state index contributed by atoms with van der Waals surface area (Å²) in [4.78, 5) is 1.44. The van der Waals surface area contributed by atoms with Crippen LogP contribution in [0.4, 0.5) is 0 Å². The maximum Gasteiger partial charge on any atom is 0.241 e. The van der Waals surface area contributed by atoms with E-state index in [9.17, 15) is 8.42 Å². The average molecular weight is 316 g/mol. The number of hydrogen-bond acceptors (Lipinski definition) is 4. The predicted octanol–water partition coefficient (Wildman–Crippen LogP) is 2.71. The molecule has 0 spiro atoms. The molecule has 114 valence electrons. The normalized spacial score (nSPS) is 18.2. The Kier molecular flexibility index (Phi) is 4.89. The van der Waals surface area contributed by atoms with Crippen LogP contribution in [0, 0.1) is 5.41 Å². The van der Waals surface area contributed by atoms with E-state index in [1.165, 1.54) is 17.8 Å². The molecule has 1 heterocycles. The zero-order chi connectivity index (χ0) is 14.8. The van der Waals surface area contributed by atoms with Gasteiger partial charge in [0, 0.05) is 29.4 Å². The Bertz CT molecular complexity index is 545. The molecule has 1 fully saturated rings. The van der Waals surface area contributed by atoms with Gasteiger partial charge in [0.25, 0.3) is 0 Å². The van der Waals surface area contributed by atoms with E-state index >= 15 is 0 Å². The molecule has 0 unspecified atom stereocenters. The third kappa shape index (κ3) is 4.04. The monoisotopic (exact) mass is 316 g/mol. The van der Waals surface area contributed by atoms with E-state index in [1.807, 2.05) is 0 Å². The topological polar surface area (TPSA) is 58.2 Å². The molecule has 1 aromatic rings. The van der Waals surface area contributed by atoms with Crippen LogP contribution in [0.15, 0.2) is 16.3 Å². The lowest BCUT2D eigenvalue weighted by atomic mass is 9.71. The van der Waals surface area contributed by atoms with E-state index in [0.29, 0.717) is 17.5 Å². The van der Waals surface area contributed by atoms with Crippen LogP contribution in [-0.2, 0) is 16.6 Å². The minimum atomic E-state index is -3.35. The Morgan fingerprint density at radius 2 is 2.10 bits per heavy atom. The summed E-state index contributed by atoms with van der Waals surface area (Å²) in [5, 5.41) is 5.02. The number of nitrogens with one attached hydrogen (secondary N) is 2. The van der Waals surface area contributed by atoms with Gasteiger partial charge in [-0.15, -0.1) is 11.3 Å². The third-order valence-corrected chi connectivity index (χ3v) is 6.34. The molecule has 6 heteroatoms. The number of hydrogen-bond donors (Lipinski definition) is 2. The zero-order valence-corrected chi connectivity index (χ0v) is 14.0. The van der Waals surface area contributed by atoms with Gasteiger partial charge in [-0.1, -0.05) is 27.2 Å². The van der Waals surface area contributed by atoms with Gasteiger partial charge in [0.15, 0.2) is 0 Å². The highest BCUT2D eigenvalue weighted by Gasteiger charge is 2.33. The summed E-state index contributed by atoms with van der Waals surface area (Å²) in [6.07, 6.45) is 3.44. The SMILES string of the molecule is CC(C)NCc1cc(S(=O)(=O)NCC2(C)CCC2)cs1. The molecule has 0 saturated heterocycles. The van der Waals surface area contributed by atoms with E-state index in [-0.39, 0.29) is 5.41 Å². The van der Waals surface area contributed by atoms with E-state index in [2.05, 4.69) is 30.8 Å². The van der Waals surface area contributed by atoms with Gasteiger partial charge >= 0.3 is 0 Å². The number of rotatable bonds is 7. The Hall–Kier alpha value is -0.430. The fourth-order valence-corrected chi connectivity index (χ4v) is 4.63. The minimum Gasteiger partial charge on any atom is -0.310 e. The lowest BCUT2D eigenvalue weighted by molar-refractivity contribution is 0.166. The molecule has 1 aliphatic carbocycles. The molecule has 0 atom stereocenters. The Morgan fingerprint density at radius 3 is 2.65 bits per heavy atom. The van der Waals surface area contributed by atoms with Gasteiger partial charge in [-0.25, -0.2) is 13.1 Å². The van der Waals surface area contributed by atoms with Crippen molar-refractivity contribution >= 4 is 21.4 Å². The molecule has 0 radical (unpaired) electrons. The molecule has 1 saturated carbocycles. The summed E-state index contributed by atoms with van der Waals surface area (Å²) in [7, 11) is -3.35. The van der Waals surface area contributed by atoms with Crippen LogP contribution in [0.1, 0.15) is 44.9 Å². The summed E-state index contributed by atoms with van der Waals surface area (Å²) in [6.45, 7) is 7.56. The zero-order valence-electron chi connectivity index (χ0n) is 12.4. The van der Waals surface area contributed by atoms with Crippen LogP contribution in [0.5, 0.6) is 0 Å². The van der Waals surface area contributed by atoms with Crippen molar-refractivity contribution in [2.45, 2.75) is 57.5 Å². The predicted molar refractivity (Wildman–Crippen MR) is 83.4 cm³/mol. The molecular formula is C14H24N2O2S2. The van der Waals surface area contributed by atoms with E-state index in [1.54, 1.807) is 11.4 Å². The smallest absolute Gasteiger partial charge is 0.241 e. The molecule has 0 aliphatic heterocycles. The van der Waals surface area contributed by atoms with Crippen molar-refractivity contribution < 1.29 is 8.42 Å². The first-order valence-corrected chi connectivity index (χ1v) is 9.47. The fraction of sp³-hybridized carbons (Fsp3) is 0.714. The van der Waals surface area contributed by atoms with Gasteiger partial charge in [0.2, 0.25) is 10.0 Å². The summed E-state index contributed by atoms with van der Waals surface area (Å²) in [5.41, 5.74) is 0.158. The molecule has 4 nitrogen and oxygen atoms in total. The molecule has 1 aromatic heterocycles. The maximum atomic E-state index is 12.2. The molecule has 1 aliphatic rings. The van der Waals surface area contributed by atoms with Crippen LogP contribution in [0.2, 0.25) is 0 Å². The van der Waals surface area contributed by atoms with Crippen molar-refractivity contribution in [3.63, 3.8) is 0 Å². The molecule has 2 N–H and O–H groups in total. The van der Waals surface area contributed by atoms with Crippen molar-refractivity contribution in [2.24, 2.45) is 5.41 Å². The second-order valence-electron chi connectivity index (χ2n) is 6.27. The number of thiophene rings is 1. The second-order valence-corrected chi connectivity index (χ2v) is 9.04.